The molecule has 0 N–H and O–H groups in total. The van der Waals surface area contributed by atoms with E-state index in [1.807, 2.05) is 4.90 Å². The number of ether oxygens (including phenoxy) is 1. The lowest BCUT2D eigenvalue weighted by molar-refractivity contribution is -0.132. The number of hydrogen-bond donors (Lipinski definition) is 0. The maximum absolute atomic E-state index is 11.6. The minimum atomic E-state index is 0.191. The predicted octanol–water partition coefficient (Wildman–Crippen LogP) is 0.938. The summed E-state index contributed by atoms with van der Waals surface area (Å²) in [5.41, 5.74) is 0. The van der Waals surface area contributed by atoms with Crippen LogP contribution in [0.1, 0.15) is 19.3 Å². The molecule has 0 spiro atoms. The Kier molecular flexibility index (Phi) is 5.07. The molecule has 0 bridgehead atoms. The fraction of sp³-hybridized carbons (Fsp3) is 0.917. The summed E-state index contributed by atoms with van der Waals surface area (Å²) in [5, 5.41) is 0. The monoisotopic (exact) mass is 260 g/mol. The van der Waals surface area contributed by atoms with Gasteiger partial charge in [-0.05, 0) is 12.8 Å². The van der Waals surface area contributed by atoms with E-state index in [4.69, 9.17) is 16.3 Å². The fourth-order valence-electron chi connectivity index (χ4n) is 2.50. The van der Waals surface area contributed by atoms with E-state index >= 15 is 0 Å². The highest BCUT2D eigenvalue weighted by molar-refractivity contribution is 6.18. The van der Waals surface area contributed by atoms with E-state index in [0.29, 0.717) is 18.4 Å². The highest BCUT2D eigenvalue weighted by Crippen LogP contribution is 2.14. The van der Waals surface area contributed by atoms with Crippen molar-refractivity contribution in [2.24, 2.45) is 0 Å². The average Bonchev–Trinajstić information content (AvgIpc) is 2.83. The zero-order chi connectivity index (χ0) is 12.1. The summed E-state index contributed by atoms with van der Waals surface area (Å²) in [5.74, 6) is 0.617. The SMILES string of the molecule is O=C(CCCl)N1CCN(CC2CCCO2)CC1. The lowest BCUT2D eigenvalue weighted by Gasteiger charge is -2.35. The molecular weight excluding hydrogens is 240 g/mol. The van der Waals surface area contributed by atoms with Crippen molar-refractivity contribution in [3.05, 3.63) is 0 Å². The minimum Gasteiger partial charge on any atom is -0.377 e. The summed E-state index contributed by atoms with van der Waals surface area (Å²) >= 11 is 5.58. The molecule has 5 heteroatoms. The maximum Gasteiger partial charge on any atom is 0.223 e. The minimum absolute atomic E-state index is 0.191. The van der Waals surface area contributed by atoms with E-state index in [-0.39, 0.29) is 5.91 Å². The topological polar surface area (TPSA) is 32.8 Å². The van der Waals surface area contributed by atoms with Crippen LogP contribution in [0.3, 0.4) is 0 Å². The third-order valence-electron chi connectivity index (χ3n) is 3.52. The van der Waals surface area contributed by atoms with Crippen molar-refractivity contribution in [3.8, 4) is 0 Å². The largest absolute Gasteiger partial charge is 0.377 e. The quantitative estimate of drug-likeness (QED) is 0.706. The molecule has 2 saturated heterocycles. The second-order valence-corrected chi connectivity index (χ2v) is 5.13. The number of rotatable bonds is 4. The molecule has 1 amide bonds. The average molecular weight is 261 g/mol. The first kappa shape index (κ1) is 13.1. The van der Waals surface area contributed by atoms with Gasteiger partial charge in [-0.15, -0.1) is 11.6 Å². The second kappa shape index (κ2) is 6.57. The summed E-state index contributed by atoms with van der Waals surface area (Å²) in [7, 11) is 0. The van der Waals surface area contributed by atoms with Crippen LogP contribution in [-0.4, -0.2) is 67.0 Å². The number of halogens is 1. The first-order valence-electron chi connectivity index (χ1n) is 6.47. The molecule has 0 radical (unpaired) electrons. The fourth-order valence-corrected chi connectivity index (χ4v) is 2.66. The number of alkyl halides is 1. The van der Waals surface area contributed by atoms with E-state index < -0.39 is 0 Å². The molecule has 4 nitrogen and oxygen atoms in total. The van der Waals surface area contributed by atoms with Crippen molar-refractivity contribution in [3.63, 3.8) is 0 Å². The first-order chi connectivity index (χ1) is 8.29. The van der Waals surface area contributed by atoms with Gasteiger partial charge in [0.1, 0.15) is 0 Å². The lowest BCUT2D eigenvalue weighted by Crippen LogP contribution is -2.50. The molecule has 1 atom stereocenters. The number of amides is 1. The Morgan fingerprint density at radius 3 is 2.65 bits per heavy atom. The van der Waals surface area contributed by atoms with Gasteiger partial charge < -0.3 is 9.64 Å². The van der Waals surface area contributed by atoms with Crippen LogP contribution in [-0.2, 0) is 9.53 Å². The molecule has 2 aliphatic rings. The molecular formula is C12H21ClN2O2. The molecule has 1 unspecified atom stereocenters. The summed E-state index contributed by atoms with van der Waals surface area (Å²) in [6.07, 6.45) is 3.26. The number of hydrogen-bond acceptors (Lipinski definition) is 3. The number of nitrogens with zero attached hydrogens (tertiary/aromatic N) is 2. The van der Waals surface area contributed by atoms with Gasteiger partial charge in [0.15, 0.2) is 0 Å². The van der Waals surface area contributed by atoms with Gasteiger partial charge in [0, 0.05) is 51.6 Å². The molecule has 2 fully saturated rings. The number of carbonyl (C=O) groups is 1. The number of piperazine rings is 1. The van der Waals surface area contributed by atoms with E-state index in [2.05, 4.69) is 4.90 Å². The highest BCUT2D eigenvalue weighted by atomic mass is 35.5. The Morgan fingerprint density at radius 1 is 1.29 bits per heavy atom. The Labute approximate surface area is 108 Å². The van der Waals surface area contributed by atoms with Gasteiger partial charge in [-0.2, -0.15) is 0 Å². The van der Waals surface area contributed by atoms with Crippen molar-refractivity contribution in [1.29, 1.82) is 0 Å². The molecule has 17 heavy (non-hydrogen) atoms. The van der Waals surface area contributed by atoms with Gasteiger partial charge >= 0.3 is 0 Å². The van der Waals surface area contributed by atoms with Crippen LogP contribution in [0.4, 0.5) is 0 Å². The maximum atomic E-state index is 11.6. The van der Waals surface area contributed by atoms with Crippen molar-refractivity contribution in [2.45, 2.75) is 25.4 Å². The normalized spacial score (nSPS) is 26.4. The van der Waals surface area contributed by atoms with Crippen LogP contribution < -0.4 is 0 Å². The van der Waals surface area contributed by atoms with Crippen LogP contribution >= 0.6 is 11.6 Å². The van der Waals surface area contributed by atoms with Gasteiger partial charge in [-0.25, -0.2) is 0 Å². The van der Waals surface area contributed by atoms with Crippen LogP contribution in [0.2, 0.25) is 0 Å². The van der Waals surface area contributed by atoms with Crippen molar-refractivity contribution < 1.29 is 9.53 Å². The number of carbonyl (C=O) groups excluding carboxylic acids is 1. The van der Waals surface area contributed by atoms with Crippen LogP contribution in [0.15, 0.2) is 0 Å². The van der Waals surface area contributed by atoms with Gasteiger partial charge in [0.2, 0.25) is 5.91 Å². The van der Waals surface area contributed by atoms with Crippen LogP contribution in [0.5, 0.6) is 0 Å². The van der Waals surface area contributed by atoms with E-state index in [1.165, 1.54) is 12.8 Å². The lowest BCUT2D eigenvalue weighted by atomic mass is 10.2. The third kappa shape index (κ3) is 3.83. The molecule has 0 aromatic carbocycles. The van der Waals surface area contributed by atoms with Gasteiger partial charge in [-0.3, -0.25) is 9.69 Å². The second-order valence-electron chi connectivity index (χ2n) is 4.76. The molecule has 0 aromatic rings. The molecule has 0 saturated carbocycles. The van der Waals surface area contributed by atoms with Crippen molar-refractivity contribution >= 4 is 17.5 Å². The van der Waals surface area contributed by atoms with Gasteiger partial charge in [0.05, 0.1) is 6.10 Å². The summed E-state index contributed by atoms with van der Waals surface area (Å²) in [4.78, 5) is 16.0. The Bertz CT molecular complexity index is 249. The summed E-state index contributed by atoms with van der Waals surface area (Å²) in [6.45, 7) is 5.54. The third-order valence-corrected chi connectivity index (χ3v) is 3.71. The Balaban J connectivity index is 1.68. The van der Waals surface area contributed by atoms with Crippen molar-refractivity contribution in [2.75, 3.05) is 45.2 Å². The zero-order valence-electron chi connectivity index (χ0n) is 10.2. The van der Waals surface area contributed by atoms with Gasteiger partial charge in [-0.1, -0.05) is 0 Å². The molecule has 98 valence electrons. The molecule has 2 heterocycles. The standard InChI is InChI=1S/C12H21ClN2O2/c13-4-3-12(16)15-7-5-14(6-8-15)10-11-2-1-9-17-11/h11H,1-10H2. The van der Waals surface area contributed by atoms with E-state index in [9.17, 15) is 4.79 Å². The predicted molar refractivity (Wildman–Crippen MR) is 67.3 cm³/mol. The first-order valence-corrected chi connectivity index (χ1v) is 7.01. The molecule has 0 aromatic heterocycles. The van der Waals surface area contributed by atoms with E-state index in [0.717, 1.165) is 39.3 Å². The Hall–Kier alpha value is -0.320. The highest BCUT2D eigenvalue weighted by Gasteiger charge is 2.24. The molecule has 2 rings (SSSR count). The zero-order valence-corrected chi connectivity index (χ0v) is 11.0. The van der Waals surface area contributed by atoms with E-state index in [1.54, 1.807) is 0 Å². The summed E-state index contributed by atoms with van der Waals surface area (Å²) < 4.78 is 5.63. The smallest absolute Gasteiger partial charge is 0.223 e. The van der Waals surface area contributed by atoms with Crippen LogP contribution in [0, 0.1) is 0 Å². The molecule has 0 aliphatic carbocycles. The Morgan fingerprint density at radius 2 is 2.06 bits per heavy atom. The summed E-state index contributed by atoms with van der Waals surface area (Å²) in [6, 6.07) is 0. The van der Waals surface area contributed by atoms with Crippen LogP contribution in [0.25, 0.3) is 0 Å². The van der Waals surface area contributed by atoms with Gasteiger partial charge in [0.25, 0.3) is 0 Å². The van der Waals surface area contributed by atoms with Crippen molar-refractivity contribution in [1.82, 2.24) is 9.80 Å². The molecule has 2 aliphatic heterocycles.